The van der Waals surface area contributed by atoms with Gasteiger partial charge in [-0.05, 0) is 43.0 Å². The Kier molecular flexibility index (Phi) is 5.21. The van der Waals surface area contributed by atoms with Gasteiger partial charge in [-0.3, -0.25) is 4.79 Å². The zero-order chi connectivity index (χ0) is 18.8. The molecule has 1 saturated heterocycles. The summed E-state index contributed by atoms with van der Waals surface area (Å²) in [5, 5.41) is 0. The van der Waals surface area contributed by atoms with E-state index in [1.165, 1.54) is 10.4 Å². The monoisotopic (exact) mass is 379 g/mol. The van der Waals surface area contributed by atoms with Gasteiger partial charge >= 0.3 is 0 Å². The number of aromatic nitrogens is 2. The smallest absolute Gasteiger partial charge is 0.227 e. The van der Waals surface area contributed by atoms with Gasteiger partial charge in [-0.15, -0.1) is 11.8 Å². The molecular weight excluding hydrogens is 354 g/mol. The Bertz CT molecular complexity index is 965. The van der Waals surface area contributed by atoms with Gasteiger partial charge in [0.25, 0.3) is 0 Å². The minimum absolute atomic E-state index is 0.139. The van der Waals surface area contributed by atoms with E-state index >= 15 is 0 Å². The molecule has 1 amide bonds. The van der Waals surface area contributed by atoms with Crippen LogP contribution in [-0.4, -0.2) is 28.3 Å². The number of rotatable bonds is 6. The van der Waals surface area contributed by atoms with Gasteiger partial charge in [0.2, 0.25) is 5.91 Å². The molecule has 0 unspecified atom stereocenters. The topological polar surface area (TPSA) is 38.1 Å². The van der Waals surface area contributed by atoms with Crippen LogP contribution in [0, 0.1) is 0 Å². The highest BCUT2D eigenvalue weighted by Crippen LogP contribution is 2.34. The highest BCUT2D eigenvalue weighted by molar-refractivity contribution is 7.98. The van der Waals surface area contributed by atoms with Crippen molar-refractivity contribution >= 4 is 34.4 Å². The SMILES string of the molecule is CCCCn1c([C@@H]2CC(=O)N(c3cccc(SC)c3)C2)nc2ccccc21. The molecule has 140 valence electrons. The molecule has 3 aromatic rings. The number of fused-ring (bicyclic) bond motifs is 1. The van der Waals surface area contributed by atoms with Gasteiger partial charge in [-0.1, -0.05) is 31.5 Å². The summed E-state index contributed by atoms with van der Waals surface area (Å²) in [7, 11) is 0. The molecule has 0 radical (unpaired) electrons. The number of hydrogen-bond acceptors (Lipinski definition) is 3. The Balaban J connectivity index is 1.67. The molecule has 0 aliphatic carbocycles. The lowest BCUT2D eigenvalue weighted by molar-refractivity contribution is -0.117. The number of carbonyl (C=O) groups is 1. The van der Waals surface area contributed by atoms with E-state index in [0.29, 0.717) is 13.0 Å². The van der Waals surface area contributed by atoms with Crippen molar-refractivity contribution in [3.8, 4) is 0 Å². The minimum atomic E-state index is 0.139. The molecule has 1 aliphatic rings. The Morgan fingerprint density at radius 2 is 2.04 bits per heavy atom. The number of anilines is 1. The fourth-order valence-corrected chi connectivity index (χ4v) is 4.32. The van der Waals surface area contributed by atoms with E-state index in [4.69, 9.17) is 4.98 Å². The third kappa shape index (κ3) is 3.48. The van der Waals surface area contributed by atoms with E-state index in [2.05, 4.69) is 48.1 Å². The van der Waals surface area contributed by atoms with Crippen molar-refractivity contribution < 1.29 is 4.79 Å². The zero-order valence-corrected chi connectivity index (χ0v) is 16.7. The Hall–Kier alpha value is -2.27. The van der Waals surface area contributed by atoms with Gasteiger partial charge in [0.1, 0.15) is 5.82 Å². The largest absolute Gasteiger partial charge is 0.328 e. The molecule has 27 heavy (non-hydrogen) atoms. The van der Waals surface area contributed by atoms with Crippen molar-refractivity contribution in [3.63, 3.8) is 0 Å². The number of hydrogen-bond donors (Lipinski definition) is 0. The molecule has 0 spiro atoms. The average Bonchev–Trinajstić information content (AvgIpc) is 3.27. The number of para-hydroxylation sites is 2. The number of benzene rings is 2. The first-order valence-corrected chi connectivity index (χ1v) is 10.8. The fraction of sp³-hybridized carbons (Fsp3) is 0.364. The van der Waals surface area contributed by atoms with Crippen molar-refractivity contribution in [3.05, 3.63) is 54.4 Å². The van der Waals surface area contributed by atoms with E-state index in [-0.39, 0.29) is 11.8 Å². The van der Waals surface area contributed by atoms with E-state index < -0.39 is 0 Å². The van der Waals surface area contributed by atoms with Gasteiger partial charge in [0.15, 0.2) is 0 Å². The molecular formula is C22H25N3OS. The van der Waals surface area contributed by atoms with Crippen LogP contribution in [0.3, 0.4) is 0 Å². The Morgan fingerprint density at radius 3 is 2.85 bits per heavy atom. The Morgan fingerprint density at radius 1 is 1.19 bits per heavy atom. The summed E-state index contributed by atoms with van der Waals surface area (Å²) < 4.78 is 2.33. The first-order valence-electron chi connectivity index (χ1n) is 9.61. The molecule has 1 aromatic heterocycles. The van der Waals surface area contributed by atoms with Crippen LogP contribution in [0.4, 0.5) is 5.69 Å². The second-order valence-electron chi connectivity index (χ2n) is 7.07. The van der Waals surface area contributed by atoms with E-state index in [0.717, 1.165) is 36.4 Å². The summed E-state index contributed by atoms with van der Waals surface area (Å²) in [5.41, 5.74) is 3.20. The molecule has 4 nitrogen and oxygen atoms in total. The molecule has 0 saturated carbocycles. The summed E-state index contributed by atoms with van der Waals surface area (Å²) in [6.07, 6.45) is 4.85. The van der Waals surface area contributed by atoms with Crippen LogP contribution in [0.5, 0.6) is 0 Å². The predicted octanol–water partition coefficient (Wildman–Crippen LogP) is 5.08. The number of imidazole rings is 1. The van der Waals surface area contributed by atoms with Crippen molar-refractivity contribution in [1.82, 2.24) is 9.55 Å². The van der Waals surface area contributed by atoms with Gasteiger partial charge in [-0.2, -0.15) is 0 Å². The number of amides is 1. The highest BCUT2D eigenvalue weighted by atomic mass is 32.2. The summed E-state index contributed by atoms with van der Waals surface area (Å²) in [6.45, 7) is 3.86. The number of carbonyl (C=O) groups excluding carboxylic acids is 1. The van der Waals surface area contributed by atoms with Crippen LogP contribution in [-0.2, 0) is 11.3 Å². The lowest BCUT2D eigenvalue weighted by Gasteiger charge is -2.18. The van der Waals surface area contributed by atoms with Gasteiger partial charge in [0, 0.05) is 36.0 Å². The number of unbranched alkanes of at least 4 members (excludes halogenated alkanes) is 1. The fourth-order valence-electron chi connectivity index (χ4n) is 3.87. The van der Waals surface area contributed by atoms with Crippen LogP contribution in [0.2, 0.25) is 0 Å². The average molecular weight is 380 g/mol. The maximum Gasteiger partial charge on any atom is 0.227 e. The normalized spacial score (nSPS) is 17.2. The van der Waals surface area contributed by atoms with Gasteiger partial charge in [-0.25, -0.2) is 4.98 Å². The van der Waals surface area contributed by atoms with Crippen molar-refractivity contribution in [2.45, 2.75) is 43.5 Å². The third-order valence-electron chi connectivity index (χ3n) is 5.27. The summed E-state index contributed by atoms with van der Waals surface area (Å²) in [6, 6.07) is 16.5. The van der Waals surface area contributed by atoms with Crippen LogP contribution in [0.25, 0.3) is 11.0 Å². The molecule has 2 aromatic carbocycles. The van der Waals surface area contributed by atoms with E-state index in [1.807, 2.05) is 23.1 Å². The Labute approximate surface area is 164 Å². The number of aryl methyl sites for hydroxylation is 1. The third-order valence-corrected chi connectivity index (χ3v) is 6.00. The summed E-state index contributed by atoms with van der Waals surface area (Å²) >= 11 is 1.70. The zero-order valence-electron chi connectivity index (χ0n) is 15.9. The van der Waals surface area contributed by atoms with Crippen LogP contribution >= 0.6 is 11.8 Å². The first-order chi connectivity index (χ1) is 13.2. The maximum atomic E-state index is 12.8. The van der Waals surface area contributed by atoms with Crippen molar-refractivity contribution in [2.24, 2.45) is 0 Å². The summed E-state index contributed by atoms with van der Waals surface area (Å²) in [4.78, 5) is 20.8. The van der Waals surface area contributed by atoms with Gasteiger partial charge in [0.05, 0.1) is 11.0 Å². The van der Waals surface area contributed by atoms with E-state index in [1.54, 1.807) is 11.8 Å². The van der Waals surface area contributed by atoms with Crippen molar-refractivity contribution in [1.29, 1.82) is 0 Å². The standard InChI is InChI=1S/C22H25N3OS/c1-3-4-12-24-20-11-6-5-10-19(20)23-22(24)16-13-21(26)25(15-16)17-8-7-9-18(14-17)27-2/h5-11,14,16H,3-4,12-13,15H2,1-2H3/t16-/m1/s1. The maximum absolute atomic E-state index is 12.8. The molecule has 1 fully saturated rings. The molecule has 0 bridgehead atoms. The van der Waals surface area contributed by atoms with Crippen LogP contribution in [0.15, 0.2) is 53.4 Å². The molecule has 1 aliphatic heterocycles. The highest BCUT2D eigenvalue weighted by Gasteiger charge is 2.34. The minimum Gasteiger partial charge on any atom is -0.328 e. The quantitative estimate of drug-likeness (QED) is 0.561. The molecule has 1 atom stereocenters. The number of thioether (sulfide) groups is 1. The van der Waals surface area contributed by atoms with Crippen LogP contribution < -0.4 is 4.90 Å². The van der Waals surface area contributed by atoms with E-state index in [9.17, 15) is 4.79 Å². The lowest BCUT2D eigenvalue weighted by Crippen LogP contribution is -2.24. The molecule has 4 rings (SSSR count). The molecule has 2 heterocycles. The van der Waals surface area contributed by atoms with Crippen LogP contribution in [0.1, 0.15) is 37.9 Å². The molecule has 0 N–H and O–H groups in total. The predicted molar refractivity (Wildman–Crippen MR) is 113 cm³/mol. The molecule has 5 heteroatoms. The second kappa shape index (κ2) is 7.77. The number of nitrogens with zero attached hydrogens (tertiary/aromatic N) is 3. The summed E-state index contributed by atoms with van der Waals surface area (Å²) in [5.74, 6) is 1.38. The van der Waals surface area contributed by atoms with Crippen molar-refractivity contribution in [2.75, 3.05) is 17.7 Å². The van der Waals surface area contributed by atoms with Gasteiger partial charge < -0.3 is 9.47 Å². The first kappa shape index (κ1) is 18.1. The lowest BCUT2D eigenvalue weighted by atomic mass is 10.1. The second-order valence-corrected chi connectivity index (χ2v) is 7.95.